The number of nitrogens with two attached hydrogens (primary N) is 1. The molecule has 0 aliphatic heterocycles. The summed E-state index contributed by atoms with van der Waals surface area (Å²) in [6.07, 6.45) is 1.94. The minimum Gasteiger partial charge on any atom is -0.385 e. The third-order valence-electron chi connectivity index (χ3n) is 2.22. The summed E-state index contributed by atoms with van der Waals surface area (Å²) >= 11 is 0. The topological polar surface area (TPSA) is 46.7 Å². The highest BCUT2D eigenvalue weighted by atomic mass is 15.1. The van der Waals surface area contributed by atoms with Crippen LogP contribution < -0.4 is 5.73 Å². The zero-order valence-corrected chi connectivity index (χ0v) is 8.26. The lowest BCUT2D eigenvalue weighted by atomic mass is 10.1. The van der Waals surface area contributed by atoms with Gasteiger partial charge in [-0.2, -0.15) is 0 Å². The first kappa shape index (κ1) is 8.23. The number of nitrogen functional groups attached to an aromatic ring is 1. The molecule has 2 aromatic heterocycles. The molecule has 0 fully saturated rings. The number of nitrogens with one attached hydrogen (secondary N) is 1. The van der Waals surface area contributed by atoms with Crippen LogP contribution in [-0.2, 0) is 5.54 Å². The van der Waals surface area contributed by atoms with E-state index < -0.39 is 0 Å². The van der Waals surface area contributed by atoms with Crippen LogP contribution in [0.2, 0.25) is 0 Å². The Morgan fingerprint density at radius 3 is 2.69 bits per heavy atom. The van der Waals surface area contributed by atoms with E-state index >= 15 is 0 Å². The lowest BCUT2D eigenvalue weighted by Gasteiger charge is -2.23. The summed E-state index contributed by atoms with van der Waals surface area (Å²) in [5.74, 6) is 0.814. The number of aromatic amines is 1. The Morgan fingerprint density at radius 2 is 2.08 bits per heavy atom. The molecule has 0 amide bonds. The molecule has 70 valence electrons. The average molecular weight is 177 g/mol. The van der Waals surface area contributed by atoms with Crippen molar-refractivity contribution in [3.8, 4) is 0 Å². The Morgan fingerprint density at radius 1 is 1.38 bits per heavy atom. The monoisotopic (exact) mass is 177 g/mol. The van der Waals surface area contributed by atoms with Gasteiger partial charge in [0.15, 0.2) is 0 Å². The zero-order chi connectivity index (χ0) is 9.64. The van der Waals surface area contributed by atoms with Gasteiger partial charge in [-0.05, 0) is 26.8 Å². The fraction of sp³-hybridized carbons (Fsp3) is 0.400. The first-order valence-electron chi connectivity index (χ1n) is 4.45. The summed E-state index contributed by atoms with van der Waals surface area (Å²) in [6.45, 7) is 6.45. The molecule has 2 heterocycles. The number of fused-ring (bicyclic) bond motifs is 1. The lowest BCUT2D eigenvalue weighted by Crippen LogP contribution is -2.22. The molecular formula is C10H15N3. The Balaban J connectivity index is 2.78. The normalized spacial score (nSPS) is 12.5. The second kappa shape index (κ2) is 2.31. The maximum Gasteiger partial charge on any atom is 0.106 e. The minimum atomic E-state index is 0.0357. The van der Waals surface area contributed by atoms with Crippen molar-refractivity contribution in [3.63, 3.8) is 0 Å². The Kier molecular flexibility index (Phi) is 1.46. The first-order valence-corrected chi connectivity index (χ1v) is 4.45. The van der Waals surface area contributed by atoms with Gasteiger partial charge in [0.25, 0.3) is 0 Å². The molecule has 0 atom stereocenters. The van der Waals surface area contributed by atoms with Crippen molar-refractivity contribution in [2.24, 2.45) is 0 Å². The van der Waals surface area contributed by atoms with Gasteiger partial charge in [0, 0.05) is 17.8 Å². The molecule has 0 saturated carbocycles. The largest absolute Gasteiger partial charge is 0.385 e. The van der Waals surface area contributed by atoms with Crippen molar-refractivity contribution in [1.82, 2.24) is 9.55 Å². The van der Waals surface area contributed by atoms with Crippen molar-refractivity contribution in [2.45, 2.75) is 26.3 Å². The van der Waals surface area contributed by atoms with Gasteiger partial charge in [0.1, 0.15) is 5.82 Å². The highest BCUT2D eigenvalue weighted by Crippen LogP contribution is 2.27. The van der Waals surface area contributed by atoms with Crippen molar-refractivity contribution < 1.29 is 0 Å². The molecule has 0 aromatic carbocycles. The maximum atomic E-state index is 5.93. The van der Waals surface area contributed by atoms with Gasteiger partial charge in [-0.3, -0.25) is 0 Å². The molecule has 3 N–H and O–H groups in total. The molecule has 0 aliphatic carbocycles. The second-order valence-electron chi connectivity index (χ2n) is 4.35. The predicted molar refractivity (Wildman–Crippen MR) is 55.7 cm³/mol. The SMILES string of the molecule is CC(C)(C)n1c(N)cc2[nH]ccc21. The Labute approximate surface area is 77.5 Å². The fourth-order valence-corrected chi connectivity index (χ4v) is 1.78. The van der Waals surface area contributed by atoms with Crippen LogP contribution in [0.25, 0.3) is 11.0 Å². The van der Waals surface area contributed by atoms with E-state index in [4.69, 9.17) is 5.73 Å². The number of rotatable bonds is 0. The molecule has 13 heavy (non-hydrogen) atoms. The van der Waals surface area contributed by atoms with Crippen molar-refractivity contribution in [2.75, 3.05) is 5.73 Å². The van der Waals surface area contributed by atoms with E-state index in [1.807, 2.05) is 12.3 Å². The van der Waals surface area contributed by atoms with Gasteiger partial charge in [0.05, 0.1) is 11.0 Å². The third-order valence-corrected chi connectivity index (χ3v) is 2.22. The highest BCUT2D eigenvalue weighted by Gasteiger charge is 2.18. The van der Waals surface area contributed by atoms with E-state index in [0.717, 1.165) is 11.3 Å². The molecule has 0 bridgehead atoms. The molecule has 2 rings (SSSR count). The standard InChI is InChI=1S/C10H15N3/c1-10(2,3)13-8-4-5-12-7(8)6-9(13)11/h4-6,12H,11H2,1-3H3. The van der Waals surface area contributed by atoms with Gasteiger partial charge in [-0.25, -0.2) is 0 Å². The van der Waals surface area contributed by atoms with Crippen LogP contribution in [0.3, 0.4) is 0 Å². The zero-order valence-electron chi connectivity index (χ0n) is 8.26. The van der Waals surface area contributed by atoms with Crippen molar-refractivity contribution in [1.29, 1.82) is 0 Å². The first-order chi connectivity index (χ1) is 6.00. The third kappa shape index (κ3) is 1.11. The summed E-state index contributed by atoms with van der Waals surface area (Å²) in [5.41, 5.74) is 8.24. The van der Waals surface area contributed by atoms with E-state index in [1.165, 1.54) is 5.52 Å². The number of H-pyrrole nitrogens is 1. The van der Waals surface area contributed by atoms with Gasteiger partial charge in [-0.1, -0.05) is 0 Å². The summed E-state index contributed by atoms with van der Waals surface area (Å²) in [6, 6.07) is 4.03. The highest BCUT2D eigenvalue weighted by molar-refractivity contribution is 5.81. The van der Waals surface area contributed by atoms with Crippen molar-refractivity contribution >= 4 is 16.9 Å². The lowest BCUT2D eigenvalue weighted by molar-refractivity contribution is 0.416. The van der Waals surface area contributed by atoms with Crippen LogP contribution >= 0.6 is 0 Å². The number of anilines is 1. The molecule has 0 unspecified atom stereocenters. The number of hydrogen-bond donors (Lipinski definition) is 2. The molecule has 3 heteroatoms. The molecule has 0 saturated heterocycles. The second-order valence-corrected chi connectivity index (χ2v) is 4.35. The molecule has 2 aromatic rings. The summed E-state index contributed by atoms with van der Waals surface area (Å²) < 4.78 is 2.14. The van der Waals surface area contributed by atoms with E-state index in [2.05, 4.69) is 36.4 Å². The number of hydrogen-bond acceptors (Lipinski definition) is 1. The Hall–Kier alpha value is -1.38. The summed E-state index contributed by atoms with van der Waals surface area (Å²) in [5, 5.41) is 0. The molecule has 3 nitrogen and oxygen atoms in total. The van der Waals surface area contributed by atoms with Gasteiger partial charge in [0.2, 0.25) is 0 Å². The van der Waals surface area contributed by atoms with Crippen molar-refractivity contribution in [3.05, 3.63) is 18.3 Å². The smallest absolute Gasteiger partial charge is 0.106 e. The summed E-state index contributed by atoms with van der Waals surface area (Å²) in [4.78, 5) is 3.15. The summed E-state index contributed by atoms with van der Waals surface area (Å²) in [7, 11) is 0. The predicted octanol–water partition coefficient (Wildman–Crippen LogP) is 2.31. The molecule has 0 aliphatic rings. The molecular weight excluding hydrogens is 162 g/mol. The Bertz CT molecular complexity index is 428. The van der Waals surface area contributed by atoms with E-state index in [-0.39, 0.29) is 5.54 Å². The van der Waals surface area contributed by atoms with Crippen LogP contribution in [0, 0.1) is 0 Å². The number of aromatic nitrogens is 2. The van der Waals surface area contributed by atoms with Crippen LogP contribution in [0.15, 0.2) is 18.3 Å². The van der Waals surface area contributed by atoms with Crippen LogP contribution in [0.1, 0.15) is 20.8 Å². The van der Waals surface area contributed by atoms with Crippen LogP contribution in [-0.4, -0.2) is 9.55 Å². The maximum absolute atomic E-state index is 5.93. The molecule has 0 radical (unpaired) electrons. The van der Waals surface area contributed by atoms with Gasteiger partial charge < -0.3 is 15.3 Å². The average Bonchev–Trinajstić information content (AvgIpc) is 2.41. The molecule has 0 spiro atoms. The van der Waals surface area contributed by atoms with E-state index in [9.17, 15) is 0 Å². The van der Waals surface area contributed by atoms with Gasteiger partial charge >= 0.3 is 0 Å². The number of nitrogens with zero attached hydrogens (tertiary/aromatic N) is 1. The van der Waals surface area contributed by atoms with E-state index in [1.54, 1.807) is 0 Å². The quantitative estimate of drug-likeness (QED) is 0.637. The fourth-order valence-electron chi connectivity index (χ4n) is 1.78. The van der Waals surface area contributed by atoms with Crippen LogP contribution in [0.5, 0.6) is 0 Å². The van der Waals surface area contributed by atoms with Crippen LogP contribution in [0.4, 0.5) is 5.82 Å². The van der Waals surface area contributed by atoms with E-state index in [0.29, 0.717) is 0 Å². The van der Waals surface area contributed by atoms with Gasteiger partial charge in [-0.15, -0.1) is 0 Å². The minimum absolute atomic E-state index is 0.0357.